The normalized spacial score (nSPS) is 12.2. The number of rotatable bonds is 8. The van der Waals surface area contributed by atoms with E-state index in [2.05, 4.69) is 271 Å². The van der Waals surface area contributed by atoms with Gasteiger partial charge in [-0.3, -0.25) is 17.9 Å². The Hall–Kier alpha value is -10.2. The van der Waals surface area contributed by atoms with Gasteiger partial charge in [-0.15, -0.1) is 0 Å². The molecule has 0 N–H and O–H groups in total. The molecule has 6 aromatic heterocycles. The monoisotopic (exact) mass is 989 g/mol. The quantitative estimate of drug-likeness (QED) is 0.112. The van der Waals surface area contributed by atoms with Gasteiger partial charge in [0.2, 0.25) is 11.6 Å². The number of nitrogens with zero attached hydrogens (tertiary/aromatic N) is 9. The van der Waals surface area contributed by atoms with E-state index in [1.165, 1.54) is 42.6 Å². The van der Waals surface area contributed by atoms with Crippen molar-refractivity contribution in [3.8, 4) is 28.7 Å². The Balaban J connectivity index is 0.921. The van der Waals surface area contributed by atoms with Crippen LogP contribution in [0.25, 0.3) is 106 Å². The van der Waals surface area contributed by atoms with Crippen LogP contribution in [0.15, 0.2) is 261 Å². The van der Waals surface area contributed by atoms with Crippen LogP contribution in [0.5, 0.6) is 0 Å². The van der Waals surface area contributed by atoms with Gasteiger partial charge in [0.1, 0.15) is 11.6 Å². The number of hydrogen-bond donors (Lipinski definition) is 0. The summed E-state index contributed by atoms with van der Waals surface area (Å²) in [6, 6.07) is 93.7. The first-order chi connectivity index (χ1) is 37.7. The second-order valence-electron chi connectivity index (χ2n) is 19.5. The molecule has 10 heteroatoms. The van der Waals surface area contributed by atoms with Crippen molar-refractivity contribution in [1.29, 1.82) is 0 Å². The average molecular weight is 990 g/mol. The van der Waals surface area contributed by atoms with Crippen LogP contribution in [0.2, 0.25) is 0 Å². The summed E-state index contributed by atoms with van der Waals surface area (Å²) in [6.07, 6.45) is 0. The summed E-state index contributed by atoms with van der Waals surface area (Å²) >= 11 is 0. The summed E-state index contributed by atoms with van der Waals surface area (Å²) in [5.74, 6) is 3.51. The molecule has 0 aliphatic heterocycles. The molecule has 16 aromatic rings. The fraction of sp³-hybridized carbons (Fsp3) is 0. The van der Waals surface area contributed by atoms with Crippen molar-refractivity contribution in [3.63, 3.8) is 0 Å². The Morgan fingerprint density at radius 1 is 0.276 bits per heavy atom. The van der Waals surface area contributed by atoms with Gasteiger partial charge in [-0.1, -0.05) is 182 Å². The first-order valence-electron chi connectivity index (χ1n) is 25.6. The smallest absolute Gasteiger partial charge is 0.221 e. The molecule has 0 aliphatic carbocycles. The van der Waals surface area contributed by atoms with Crippen LogP contribution in [-0.4, -0.2) is 50.5 Å². The average Bonchev–Trinajstić information content (AvgIpc) is 4.38. The molecule has 76 heavy (non-hydrogen) atoms. The molecule has 9 nitrogen and oxygen atoms in total. The standard InChI is InChI=1S/C66H43N9Si/c1-3-19-46(20-4-1)76(47-21-5-2-6-22-47,49-41-37-45(38-42-49)71-54-27-11-7-23-50(54)51-24-8-12-28-55(51)71)48-39-35-44(36-40-48)64-69-62(74-60-33-17-15-31-58(60)72-56-29-13-9-25-52(56)67-65(72)74)43-63(70-64)75-61-34-18-16-32-59(61)73-57-30-14-10-26-53(57)68-66(73)75/h1-43H. The molecule has 10 aromatic carbocycles. The summed E-state index contributed by atoms with van der Waals surface area (Å²) < 4.78 is 11.2. The van der Waals surface area contributed by atoms with Gasteiger partial charge in [0, 0.05) is 28.1 Å². The van der Waals surface area contributed by atoms with Gasteiger partial charge in [0.15, 0.2) is 13.9 Å². The fourth-order valence-electron chi connectivity index (χ4n) is 12.2. The second kappa shape index (κ2) is 16.4. The molecule has 0 saturated heterocycles. The lowest BCUT2D eigenvalue weighted by atomic mass is 10.2. The minimum Gasteiger partial charge on any atom is -0.309 e. The van der Waals surface area contributed by atoms with Crippen molar-refractivity contribution in [2.45, 2.75) is 0 Å². The van der Waals surface area contributed by atoms with E-state index in [0.717, 1.165) is 66.9 Å². The highest BCUT2D eigenvalue weighted by molar-refractivity contribution is 7.19. The lowest BCUT2D eigenvalue weighted by Gasteiger charge is -2.34. The Morgan fingerprint density at radius 2 is 0.645 bits per heavy atom. The van der Waals surface area contributed by atoms with Crippen molar-refractivity contribution in [2.75, 3.05) is 0 Å². The lowest BCUT2D eigenvalue weighted by molar-refractivity contribution is 0.970. The van der Waals surface area contributed by atoms with Crippen molar-refractivity contribution >= 4 is 106 Å². The number of hydrogen-bond acceptors (Lipinski definition) is 4. The van der Waals surface area contributed by atoms with E-state index in [9.17, 15) is 0 Å². The Bertz CT molecular complexity index is 4670. The minimum atomic E-state index is -2.98. The first-order valence-corrected chi connectivity index (χ1v) is 27.6. The zero-order chi connectivity index (χ0) is 49.9. The summed E-state index contributed by atoms with van der Waals surface area (Å²) in [4.78, 5) is 21.6. The third kappa shape index (κ3) is 6.07. The van der Waals surface area contributed by atoms with Crippen LogP contribution in [0.1, 0.15) is 0 Å². The molecule has 0 radical (unpaired) electrons. The zero-order valence-corrected chi connectivity index (χ0v) is 41.9. The van der Waals surface area contributed by atoms with Crippen LogP contribution >= 0.6 is 0 Å². The summed E-state index contributed by atoms with van der Waals surface area (Å²) in [6.45, 7) is 0. The molecule has 0 bridgehead atoms. The van der Waals surface area contributed by atoms with E-state index >= 15 is 0 Å². The Labute approximate surface area is 436 Å². The maximum absolute atomic E-state index is 5.54. The van der Waals surface area contributed by atoms with Gasteiger partial charge < -0.3 is 4.57 Å². The Morgan fingerprint density at radius 3 is 1.12 bits per heavy atom. The van der Waals surface area contributed by atoms with E-state index in [0.29, 0.717) is 17.5 Å². The second-order valence-corrected chi connectivity index (χ2v) is 23.3. The van der Waals surface area contributed by atoms with Crippen LogP contribution in [0.3, 0.4) is 0 Å². The zero-order valence-electron chi connectivity index (χ0n) is 40.9. The highest BCUT2D eigenvalue weighted by Crippen LogP contribution is 2.35. The minimum absolute atomic E-state index is 0.584. The van der Waals surface area contributed by atoms with Crippen LogP contribution in [0, 0.1) is 0 Å². The molecule has 6 heterocycles. The molecule has 0 unspecified atom stereocenters. The molecular weight excluding hydrogens is 947 g/mol. The third-order valence-electron chi connectivity index (χ3n) is 15.5. The highest BCUT2D eigenvalue weighted by Gasteiger charge is 2.41. The van der Waals surface area contributed by atoms with E-state index in [-0.39, 0.29) is 0 Å². The number of aromatic nitrogens is 9. The molecule has 0 atom stereocenters. The Kier molecular flexibility index (Phi) is 9.15. The SMILES string of the molecule is c1ccc([Si](c2ccccc2)(c2ccc(-c3nc(-n4c5ccccc5n5c6ccccc6nc45)cc(-n4c5ccccc5n5c6ccccc6nc45)n3)cc2)c2ccc(-n3c4ccccc4c4ccccc43)cc2)cc1. The van der Waals surface area contributed by atoms with Gasteiger partial charge in [0.25, 0.3) is 0 Å². The summed E-state index contributed by atoms with van der Waals surface area (Å²) in [5.41, 5.74) is 12.3. The van der Waals surface area contributed by atoms with Gasteiger partial charge in [0.05, 0.1) is 55.2 Å². The number of imidazole rings is 4. The van der Waals surface area contributed by atoms with E-state index in [1.807, 2.05) is 12.1 Å². The number of para-hydroxylation sites is 10. The predicted molar refractivity (Wildman–Crippen MR) is 312 cm³/mol. The van der Waals surface area contributed by atoms with Gasteiger partial charge in [-0.2, -0.15) is 0 Å². The van der Waals surface area contributed by atoms with Crippen molar-refractivity contribution in [1.82, 2.24) is 42.4 Å². The molecule has 0 aliphatic rings. The largest absolute Gasteiger partial charge is 0.309 e. The van der Waals surface area contributed by atoms with Crippen molar-refractivity contribution in [3.05, 3.63) is 261 Å². The highest BCUT2D eigenvalue weighted by atomic mass is 28.3. The van der Waals surface area contributed by atoms with E-state index < -0.39 is 8.07 Å². The molecule has 356 valence electrons. The maximum atomic E-state index is 5.54. The van der Waals surface area contributed by atoms with Gasteiger partial charge in [-0.05, 0) is 93.5 Å². The van der Waals surface area contributed by atoms with Gasteiger partial charge in [-0.25, -0.2) is 19.9 Å². The van der Waals surface area contributed by atoms with E-state index in [1.54, 1.807) is 0 Å². The molecular formula is C66H43N9Si. The van der Waals surface area contributed by atoms with Crippen LogP contribution in [-0.2, 0) is 0 Å². The van der Waals surface area contributed by atoms with Crippen LogP contribution in [0.4, 0.5) is 0 Å². The molecule has 0 fully saturated rings. The van der Waals surface area contributed by atoms with Gasteiger partial charge >= 0.3 is 0 Å². The summed E-state index contributed by atoms with van der Waals surface area (Å²) in [5, 5.41) is 7.62. The predicted octanol–water partition coefficient (Wildman–Crippen LogP) is 12.1. The first kappa shape index (κ1) is 42.4. The number of benzene rings is 10. The maximum Gasteiger partial charge on any atom is 0.221 e. The lowest BCUT2D eigenvalue weighted by Crippen LogP contribution is -2.74. The van der Waals surface area contributed by atoms with Crippen LogP contribution < -0.4 is 20.7 Å². The topological polar surface area (TPSA) is 75.2 Å². The fourth-order valence-corrected chi connectivity index (χ4v) is 17.0. The van der Waals surface area contributed by atoms with E-state index in [4.69, 9.17) is 19.9 Å². The molecule has 0 spiro atoms. The molecule has 0 saturated carbocycles. The van der Waals surface area contributed by atoms with Crippen molar-refractivity contribution < 1.29 is 0 Å². The number of fused-ring (bicyclic) bond motifs is 13. The van der Waals surface area contributed by atoms with Crippen molar-refractivity contribution in [2.24, 2.45) is 0 Å². The third-order valence-corrected chi connectivity index (χ3v) is 20.3. The summed E-state index contributed by atoms with van der Waals surface area (Å²) in [7, 11) is -2.98. The molecule has 16 rings (SSSR count). The molecule has 0 amide bonds.